The van der Waals surface area contributed by atoms with Crippen LogP contribution in [0.1, 0.15) is 0 Å². The van der Waals surface area contributed by atoms with Crippen LogP contribution in [0, 0.1) is 6.08 Å². The van der Waals surface area contributed by atoms with Gasteiger partial charge in [0.25, 0.3) is 0 Å². The van der Waals surface area contributed by atoms with Gasteiger partial charge in [-0.1, -0.05) is 5.10 Å². The maximum Gasteiger partial charge on any atom is 0.330 e. The van der Waals surface area contributed by atoms with E-state index < -0.39 is 6.08 Å². The Bertz CT molecular complexity index is 355. The number of hydrogen-bond acceptors (Lipinski definition) is 3. The molecule has 50 valence electrons. The molecule has 2 heterocycles. The van der Waals surface area contributed by atoms with Crippen molar-refractivity contribution in [3.05, 3.63) is 24.4 Å². The van der Waals surface area contributed by atoms with Crippen molar-refractivity contribution in [2.45, 2.75) is 0 Å². The lowest BCUT2D eigenvalue weighted by Crippen LogP contribution is -1.92. The Morgan fingerprint density at radius 2 is 2.30 bits per heavy atom. The quantitative estimate of drug-likeness (QED) is 0.524. The first-order valence-electron chi connectivity index (χ1n) is 2.70. The third kappa shape index (κ3) is 0.570. The molecule has 0 radical (unpaired) electrons. The van der Waals surface area contributed by atoms with E-state index in [4.69, 9.17) is 0 Å². The molecule has 0 aromatic carbocycles. The van der Waals surface area contributed by atoms with Gasteiger partial charge in [-0.15, -0.1) is 5.10 Å². The van der Waals surface area contributed by atoms with Gasteiger partial charge >= 0.3 is 6.08 Å². The van der Waals surface area contributed by atoms with Gasteiger partial charge < -0.3 is 0 Å². The van der Waals surface area contributed by atoms with E-state index in [1.165, 1.54) is 6.20 Å². The predicted molar refractivity (Wildman–Crippen MR) is 30.7 cm³/mol. The zero-order valence-corrected chi connectivity index (χ0v) is 4.90. The van der Waals surface area contributed by atoms with Gasteiger partial charge in [0.05, 0.1) is 0 Å². The molecule has 0 aliphatic rings. The first-order chi connectivity index (χ1) is 4.88. The van der Waals surface area contributed by atoms with E-state index in [2.05, 4.69) is 15.3 Å². The molecular weight excluding hydrogens is 135 g/mol. The highest BCUT2D eigenvalue weighted by Crippen LogP contribution is 1.96. The first-order valence-corrected chi connectivity index (χ1v) is 2.70. The van der Waals surface area contributed by atoms with Crippen molar-refractivity contribution >= 4 is 5.65 Å². The van der Waals surface area contributed by atoms with Gasteiger partial charge in [-0.2, -0.15) is 14.0 Å². The van der Waals surface area contributed by atoms with Crippen LogP contribution in [0.4, 0.5) is 4.39 Å². The lowest BCUT2D eigenvalue weighted by Gasteiger charge is -1.85. The van der Waals surface area contributed by atoms with Crippen molar-refractivity contribution in [1.82, 2.24) is 19.8 Å². The summed E-state index contributed by atoms with van der Waals surface area (Å²) < 4.78 is 13.5. The van der Waals surface area contributed by atoms with Gasteiger partial charge in [-0.05, 0) is 12.1 Å². The summed E-state index contributed by atoms with van der Waals surface area (Å²) in [6, 6.07) is 3.30. The molecule has 0 aliphatic heterocycles. The van der Waals surface area contributed by atoms with Crippen molar-refractivity contribution in [1.29, 1.82) is 0 Å². The summed E-state index contributed by atoms with van der Waals surface area (Å²) >= 11 is 0. The normalized spacial score (nSPS) is 10.5. The highest BCUT2D eigenvalue weighted by atomic mass is 19.1. The zero-order valence-electron chi connectivity index (χ0n) is 4.90. The number of aromatic nitrogens is 4. The highest BCUT2D eigenvalue weighted by molar-refractivity contribution is 5.32. The molecule has 0 unspecified atom stereocenters. The fraction of sp³-hybridized carbons (Fsp3) is 0. The SMILES string of the molecule is Fc1nnc2cccnn12. The van der Waals surface area contributed by atoms with Crippen LogP contribution >= 0.6 is 0 Å². The van der Waals surface area contributed by atoms with Gasteiger partial charge in [-0.3, -0.25) is 0 Å². The number of rotatable bonds is 0. The van der Waals surface area contributed by atoms with E-state index in [9.17, 15) is 4.39 Å². The van der Waals surface area contributed by atoms with E-state index in [-0.39, 0.29) is 0 Å². The lowest BCUT2D eigenvalue weighted by molar-refractivity contribution is 0.507. The molecule has 4 nitrogen and oxygen atoms in total. The lowest BCUT2D eigenvalue weighted by atomic mass is 10.6. The molecule has 0 N–H and O–H groups in total. The summed E-state index contributed by atoms with van der Waals surface area (Å²) in [6.45, 7) is 0. The summed E-state index contributed by atoms with van der Waals surface area (Å²) in [5.41, 5.74) is 0.417. The summed E-state index contributed by atoms with van der Waals surface area (Å²) in [4.78, 5) is 0. The smallest absolute Gasteiger partial charge is 0.171 e. The van der Waals surface area contributed by atoms with Crippen molar-refractivity contribution in [3.63, 3.8) is 0 Å². The van der Waals surface area contributed by atoms with E-state index in [1.54, 1.807) is 12.1 Å². The maximum atomic E-state index is 12.5. The van der Waals surface area contributed by atoms with Crippen LogP contribution in [0.15, 0.2) is 18.3 Å². The van der Waals surface area contributed by atoms with E-state index >= 15 is 0 Å². The Morgan fingerprint density at radius 1 is 1.40 bits per heavy atom. The fourth-order valence-electron chi connectivity index (χ4n) is 0.717. The molecule has 0 saturated heterocycles. The number of nitrogens with zero attached hydrogens (tertiary/aromatic N) is 4. The number of fused-ring (bicyclic) bond motifs is 1. The van der Waals surface area contributed by atoms with Crippen LogP contribution < -0.4 is 0 Å². The summed E-state index contributed by atoms with van der Waals surface area (Å²) in [5.74, 6) is 0. The Balaban J connectivity index is 2.93. The minimum Gasteiger partial charge on any atom is -0.171 e. The summed E-state index contributed by atoms with van der Waals surface area (Å²) in [5, 5.41) is 10.3. The van der Waals surface area contributed by atoms with Gasteiger partial charge in [0.15, 0.2) is 5.65 Å². The minimum absolute atomic E-state index is 0.417. The summed E-state index contributed by atoms with van der Waals surface area (Å²) in [7, 11) is 0. The minimum atomic E-state index is -0.685. The molecule has 0 amide bonds. The molecular formula is C5H3FN4. The average molecular weight is 138 g/mol. The fourth-order valence-corrected chi connectivity index (χ4v) is 0.717. The highest BCUT2D eigenvalue weighted by Gasteiger charge is 2.00. The van der Waals surface area contributed by atoms with Crippen molar-refractivity contribution in [2.75, 3.05) is 0 Å². The predicted octanol–water partition coefficient (Wildman–Crippen LogP) is 0.263. The molecule has 0 spiro atoms. The van der Waals surface area contributed by atoms with Gasteiger partial charge in [-0.25, -0.2) is 0 Å². The molecule has 2 aromatic rings. The van der Waals surface area contributed by atoms with Gasteiger partial charge in [0, 0.05) is 6.20 Å². The van der Waals surface area contributed by atoms with Crippen LogP contribution in [0.2, 0.25) is 0 Å². The molecule has 2 rings (SSSR count). The van der Waals surface area contributed by atoms with Crippen LogP contribution in [0.5, 0.6) is 0 Å². The van der Waals surface area contributed by atoms with Crippen LogP contribution in [0.3, 0.4) is 0 Å². The molecule has 0 bridgehead atoms. The Hall–Kier alpha value is -1.52. The molecule has 0 atom stereocenters. The van der Waals surface area contributed by atoms with Crippen molar-refractivity contribution in [3.8, 4) is 0 Å². The largest absolute Gasteiger partial charge is 0.330 e. The molecule has 10 heavy (non-hydrogen) atoms. The van der Waals surface area contributed by atoms with Crippen molar-refractivity contribution in [2.24, 2.45) is 0 Å². The second kappa shape index (κ2) is 1.73. The van der Waals surface area contributed by atoms with Crippen LogP contribution in [-0.4, -0.2) is 19.8 Å². The van der Waals surface area contributed by atoms with Gasteiger partial charge in [0.1, 0.15) is 0 Å². The van der Waals surface area contributed by atoms with E-state index in [0.717, 1.165) is 4.52 Å². The molecule has 2 aromatic heterocycles. The number of hydrogen-bond donors (Lipinski definition) is 0. The van der Waals surface area contributed by atoms with E-state index in [0.29, 0.717) is 5.65 Å². The van der Waals surface area contributed by atoms with Crippen molar-refractivity contribution < 1.29 is 4.39 Å². The molecule has 0 fully saturated rings. The molecule has 5 heteroatoms. The third-order valence-electron chi connectivity index (χ3n) is 1.14. The monoisotopic (exact) mass is 138 g/mol. The Labute approximate surface area is 55.3 Å². The standard InChI is InChI=1S/C5H3FN4/c6-5-9-8-4-2-1-3-7-10(4)5/h1-3H. The zero-order chi connectivity index (χ0) is 6.97. The van der Waals surface area contributed by atoms with E-state index in [1.807, 2.05) is 0 Å². The Kier molecular flexibility index (Phi) is 0.913. The maximum absolute atomic E-state index is 12.5. The van der Waals surface area contributed by atoms with Crippen LogP contribution in [-0.2, 0) is 0 Å². The van der Waals surface area contributed by atoms with Gasteiger partial charge in [0.2, 0.25) is 0 Å². The topological polar surface area (TPSA) is 43.1 Å². The molecule has 0 aliphatic carbocycles. The number of halogens is 1. The summed E-state index contributed by atoms with van der Waals surface area (Å²) in [6.07, 6.45) is 0.787. The second-order valence-electron chi connectivity index (χ2n) is 1.76. The van der Waals surface area contributed by atoms with Crippen LogP contribution in [0.25, 0.3) is 5.65 Å². The Morgan fingerprint density at radius 3 is 3.10 bits per heavy atom. The third-order valence-corrected chi connectivity index (χ3v) is 1.14. The molecule has 0 saturated carbocycles. The second-order valence-corrected chi connectivity index (χ2v) is 1.76. The first kappa shape index (κ1) is 5.28. The average Bonchev–Trinajstić information content (AvgIpc) is 2.34.